The van der Waals surface area contributed by atoms with E-state index in [2.05, 4.69) is 9.88 Å². The molecule has 1 heterocycles. The summed E-state index contributed by atoms with van der Waals surface area (Å²) in [5, 5.41) is 0. The molecule has 0 fully saturated rings. The summed E-state index contributed by atoms with van der Waals surface area (Å²) in [7, 11) is 1.99. The molecule has 0 bridgehead atoms. The minimum absolute atomic E-state index is 0.131. The number of benzene rings is 1. The number of halogens is 1. The minimum atomic E-state index is -0.199. The summed E-state index contributed by atoms with van der Waals surface area (Å²) in [6.07, 6.45) is 4.46. The molecule has 0 aliphatic carbocycles. The Kier molecular flexibility index (Phi) is 5.42. The average molecular weight is 287 g/mol. The van der Waals surface area contributed by atoms with E-state index in [4.69, 9.17) is 5.73 Å². The minimum Gasteiger partial charge on any atom is -0.326 e. The molecule has 2 N–H and O–H groups in total. The molecule has 0 aliphatic heterocycles. The highest BCUT2D eigenvalue weighted by atomic mass is 19.1. The Balaban J connectivity index is 2.10. The van der Waals surface area contributed by atoms with Gasteiger partial charge in [-0.15, -0.1) is 0 Å². The van der Waals surface area contributed by atoms with Crippen LogP contribution in [0.15, 0.2) is 48.8 Å². The van der Waals surface area contributed by atoms with Crippen molar-refractivity contribution in [2.75, 3.05) is 13.6 Å². The van der Waals surface area contributed by atoms with Crippen molar-refractivity contribution in [3.05, 3.63) is 65.7 Å². The Morgan fingerprint density at radius 1 is 1.19 bits per heavy atom. The monoisotopic (exact) mass is 287 g/mol. The van der Waals surface area contributed by atoms with Crippen LogP contribution in [0.1, 0.15) is 24.1 Å². The summed E-state index contributed by atoms with van der Waals surface area (Å²) in [6.45, 7) is 2.73. The SMILES string of the molecule is CC(N)C(c1ccccc1F)N(C)CCc1ccncc1. The average Bonchev–Trinajstić information content (AvgIpc) is 2.48. The van der Waals surface area contributed by atoms with Crippen molar-refractivity contribution in [2.45, 2.75) is 25.4 Å². The first-order valence-electron chi connectivity index (χ1n) is 7.18. The van der Waals surface area contributed by atoms with Crippen LogP contribution in [0.2, 0.25) is 0 Å². The third kappa shape index (κ3) is 4.09. The van der Waals surface area contributed by atoms with Crippen molar-refractivity contribution >= 4 is 0 Å². The van der Waals surface area contributed by atoms with E-state index in [-0.39, 0.29) is 17.9 Å². The number of hydrogen-bond donors (Lipinski definition) is 1. The summed E-state index contributed by atoms with van der Waals surface area (Å²) in [5.41, 5.74) is 7.96. The highest BCUT2D eigenvalue weighted by molar-refractivity contribution is 5.23. The second-order valence-electron chi connectivity index (χ2n) is 5.41. The van der Waals surface area contributed by atoms with Gasteiger partial charge in [-0.05, 0) is 44.2 Å². The molecule has 0 radical (unpaired) electrons. The Bertz CT molecular complexity index is 557. The third-order valence-electron chi connectivity index (χ3n) is 3.70. The largest absolute Gasteiger partial charge is 0.326 e. The smallest absolute Gasteiger partial charge is 0.128 e. The van der Waals surface area contributed by atoms with Gasteiger partial charge in [-0.25, -0.2) is 4.39 Å². The topological polar surface area (TPSA) is 42.1 Å². The molecule has 0 aliphatic rings. The van der Waals surface area contributed by atoms with Gasteiger partial charge in [0.25, 0.3) is 0 Å². The normalized spacial score (nSPS) is 14.1. The van der Waals surface area contributed by atoms with Gasteiger partial charge >= 0.3 is 0 Å². The molecule has 0 spiro atoms. The summed E-state index contributed by atoms with van der Waals surface area (Å²) in [6, 6.07) is 10.6. The van der Waals surface area contributed by atoms with Crippen LogP contribution in [0.5, 0.6) is 0 Å². The Morgan fingerprint density at radius 2 is 1.86 bits per heavy atom. The van der Waals surface area contributed by atoms with Gasteiger partial charge in [-0.1, -0.05) is 18.2 Å². The molecular weight excluding hydrogens is 265 g/mol. The van der Waals surface area contributed by atoms with Crippen molar-refractivity contribution in [3.63, 3.8) is 0 Å². The number of nitrogens with zero attached hydrogens (tertiary/aromatic N) is 2. The van der Waals surface area contributed by atoms with Crippen LogP contribution in [-0.4, -0.2) is 29.5 Å². The fraction of sp³-hybridized carbons (Fsp3) is 0.353. The van der Waals surface area contributed by atoms with Crippen molar-refractivity contribution < 1.29 is 4.39 Å². The molecular formula is C17H22FN3. The zero-order valence-electron chi connectivity index (χ0n) is 12.5. The van der Waals surface area contributed by atoms with E-state index >= 15 is 0 Å². The standard InChI is InChI=1S/C17H22FN3/c1-13(19)17(15-5-3-4-6-16(15)18)21(2)12-9-14-7-10-20-11-8-14/h3-8,10-11,13,17H,9,12,19H2,1-2H3. The Morgan fingerprint density at radius 3 is 2.48 bits per heavy atom. The highest BCUT2D eigenvalue weighted by Gasteiger charge is 2.23. The molecule has 21 heavy (non-hydrogen) atoms. The summed E-state index contributed by atoms with van der Waals surface area (Å²) < 4.78 is 14.0. The van der Waals surface area contributed by atoms with Gasteiger partial charge in [0.05, 0.1) is 6.04 Å². The first-order chi connectivity index (χ1) is 10.1. The van der Waals surface area contributed by atoms with Crippen molar-refractivity contribution in [3.8, 4) is 0 Å². The molecule has 4 heteroatoms. The lowest BCUT2D eigenvalue weighted by atomic mass is 9.98. The first-order valence-corrected chi connectivity index (χ1v) is 7.18. The van der Waals surface area contributed by atoms with E-state index in [1.54, 1.807) is 18.5 Å². The molecule has 0 amide bonds. The van der Waals surface area contributed by atoms with Crippen LogP contribution in [0, 0.1) is 5.82 Å². The number of likely N-dealkylation sites (N-methyl/N-ethyl adjacent to an activating group) is 1. The number of pyridine rings is 1. The second-order valence-corrected chi connectivity index (χ2v) is 5.41. The van der Waals surface area contributed by atoms with E-state index in [9.17, 15) is 4.39 Å². The molecule has 0 saturated carbocycles. The molecule has 1 aromatic carbocycles. The number of hydrogen-bond acceptors (Lipinski definition) is 3. The number of rotatable bonds is 6. The Hall–Kier alpha value is -1.78. The zero-order chi connectivity index (χ0) is 15.2. The molecule has 2 aromatic rings. The van der Waals surface area contributed by atoms with E-state index in [1.807, 2.05) is 38.2 Å². The van der Waals surface area contributed by atoms with Gasteiger partial charge in [0.2, 0.25) is 0 Å². The number of nitrogens with two attached hydrogens (primary N) is 1. The van der Waals surface area contributed by atoms with Gasteiger partial charge < -0.3 is 5.73 Å². The second kappa shape index (κ2) is 7.29. The van der Waals surface area contributed by atoms with Gasteiger partial charge in [0.15, 0.2) is 0 Å². The summed E-state index contributed by atoms with van der Waals surface area (Å²) in [4.78, 5) is 6.13. The van der Waals surface area contributed by atoms with Crippen molar-refractivity contribution in [1.82, 2.24) is 9.88 Å². The molecule has 1 aromatic heterocycles. The van der Waals surface area contributed by atoms with Crippen LogP contribution in [0.4, 0.5) is 4.39 Å². The molecule has 112 valence electrons. The molecule has 2 rings (SSSR count). The fourth-order valence-electron chi connectivity index (χ4n) is 2.63. The lowest BCUT2D eigenvalue weighted by Gasteiger charge is -2.31. The van der Waals surface area contributed by atoms with E-state index in [0.717, 1.165) is 13.0 Å². The van der Waals surface area contributed by atoms with E-state index in [1.165, 1.54) is 11.6 Å². The van der Waals surface area contributed by atoms with E-state index < -0.39 is 0 Å². The summed E-state index contributed by atoms with van der Waals surface area (Å²) in [5.74, 6) is -0.199. The van der Waals surface area contributed by atoms with E-state index in [0.29, 0.717) is 5.56 Å². The first kappa shape index (κ1) is 15.6. The van der Waals surface area contributed by atoms with Crippen molar-refractivity contribution in [1.29, 1.82) is 0 Å². The zero-order valence-corrected chi connectivity index (χ0v) is 12.5. The fourth-order valence-corrected chi connectivity index (χ4v) is 2.63. The Labute approximate surface area is 125 Å². The molecule has 2 unspecified atom stereocenters. The third-order valence-corrected chi connectivity index (χ3v) is 3.70. The maximum atomic E-state index is 14.0. The van der Waals surface area contributed by atoms with Crippen LogP contribution in [-0.2, 0) is 6.42 Å². The predicted molar refractivity (Wildman–Crippen MR) is 83.4 cm³/mol. The summed E-state index contributed by atoms with van der Waals surface area (Å²) >= 11 is 0. The van der Waals surface area contributed by atoms with Crippen LogP contribution >= 0.6 is 0 Å². The number of aromatic nitrogens is 1. The maximum absolute atomic E-state index is 14.0. The molecule has 0 saturated heterocycles. The van der Waals surface area contributed by atoms with Crippen LogP contribution in [0.3, 0.4) is 0 Å². The van der Waals surface area contributed by atoms with Crippen molar-refractivity contribution in [2.24, 2.45) is 5.73 Å². The molecule has 3 nitrogen and oxygen atoms in total. The lowest BCUT2D eigenvalue weighted by molar-refractivity contribution is 0.216. The van der Waals surface area contributed by atoms with Crippen LogP contribution in [0.25, 0.3) is 0 Å². The van der Waals surface area contributed by atoms with Gasteiger partial charge in [0, 0.05) is 30.5 Å². The van der Waals surface area contributed by atoms with Gasteiger partial charge in [-0.2, -0.15) is 0 Å². The maximum Gasteiger partial charge on any atom is 0.128 e. The predicted octanol–water partition coefficient (Wildman–Crippen LogP) is 2.78. The van der Waals surface area contributed by atoms with Gasteiger partial charge in [-0.3, -0.25) is 9.88 Å². The highest BCUT2D eigenvalue weighted by Crippen LogP contribution is 2.24. The quantitative estimate of drug-likeness (QED) is 0.888. The van der Waals surface area contributed by atoms with Crippen LogP contribution < -0.4 is 5.73 Å². The van der Waals surface area contributed by atoms with Gasteiger partial charge in [0.1, 0.15) is 5.82 Å². The lowest BCUT2D eigenvalue weighted by Crippen LogP contribution is -2.38. The molecule has 2 atom stereocenters.